The first kappa shape index (κ1) is 20.2. The Morgan fingerprint density at radius 1 is 1.29 bits per heavy atom. The highest BCUT2D eigenvalue weighted by molar-refractivity contribution is 7.89. The molecule has 1 N–H and O–H groups in total. The van der Waals surface area contributed by atoms with Crippen molar-refractivity contribution in [3.63, 3.8) is 0 Å². The van der Waals surface area contributed by atoms with Gasteiger partial charge in [0.1, 0.15) is 5.82 Å². The number of sulfone groups is 1. The van der Waals surface area contributed by atoms with Crippen molar-refractivity contribution >= 4 is 27.2 Å². The lowest BCUT2D eigenvalue weighted by Gasteiger charge is -2.34. The fourth-order valence-corrected chi connectivity index (χ4v) is 3.76. The minimum atomic E-state index is -3.24. The molecular formula is C19H24N4O4S. The number of carbonyl (C=O) groups excluding carboxylic acids is 1. The Balaban J connectivity index is 2.00. The molecule has 1 aromatic heterocycles. The number of hydrogen-bond acceptors (Lipinski definition) is 7. The molecule has 0 unspecified atom stereocenters. The minimum absolute atomic E-state index is 0.129. The zero-order valence-electron chi connectivity index (χ0n) is 16.2. The number of amides is 1. The Bertz CT molecular complexity index is 960. The first-order chi connectivity index (χ1) is 13.2. The second-order valence-corrected chi connectivity index (χ2v) is 9.13. The van der Waals surface area contributed by atoms with Gasteiger partial charge in [0, 0.05) is 37.0 Å². The van der Waals surface area contributed by atoms with Crippen LogP contribution in [-0.4, -0.2) is 56.3 Å². The van der Waals surface area contributed by atoms with Gasteiger partial charge in [0.25, 0.3) is 0 Å². The number of anilines is 2. The van der Waals surface area contributed by atoms with E-state index in [1.54, 1.807) is 30.3 Å². The van der Waals surface area contributed by atoms with Gasteiger partial charge in [0.05, 0.1) is 30.7 Å². The summed E-state index contributed by atoms with van der Waals surface area (Å²) in [4.78, 5) is 22.4. The number of rotatable bonds is 5. The van der Waals surface area contributed by atoms with E-state index in [2.05, 4.69) is 20.2 Å². The number of nitrogens with zero attached hydrogens (tertiary/aromatic N) is 3. The maximum Gasteiger partial charge on any atom is 0.221 e. The van der Waals surface area contributed by atoms with Gasteiger partial charge in [-0.05, 0) is 31.2 Å². The lowest BCUT2D eigenvalue weighted by Crippen LogP contribution is -2.44. The second-order valence-electron chi connectivity index (χ2n) is 6.99. The van der Waals surface area contributed by atoms with Crippen LogP contribution in [0.4, 0.5) is 11.5 Å². The van der Waals surface area contributed by atoms with Crippen molar-refractivity contribution in [2.24, 2.45) is 0 Å². The molecule has 1 aliphatic heterocycles. The lowest BCUT2D eigenvalue weighted by atomic mass is 10.2. The van der Waals surface area contributed by atoms with E-state index in [1.165, 1.54) is 13.2 Å². The lowest BCUT2D eigenvalue weighted by molar-refractivity contribution is -0.114. The predicted molar refractivity (Wildman–Crippen MR) is 108 cm³/mol. The molecule has 1 aromatic carbocycles. The van der Waals surface area contributed by atoms with Gasteiger partial charge < -0.3 is 15.0 Å². The highest BCUT2D eigenvalue weighted by Crippen LogP contribution is 2.25. The van der Waals surface area contributed by atoms with Crippen LogP contribution in [0.1, 0.15) is 19.5 Å². The molecular weight excluding hydrogens is 380 g/mol. The maximum atomic E-state index is 11.8. The van der Waals surface area contributed by atoms with Crippen molar-refractivity contribution in [2.45, 2.75) is 25.6 Å². The SMILES string of the molecule is CC(=O)Nc1ccc(-c2nc(CS(C)(=O)=O)cc(N3CCOC[C@@H]3C)n2)cc1. The maximum absolute atomic E-state index is 11.8. The van der Waals surface area contributed by atoms with Crippen molar-refractivity contribution in [1.82, 2.24) is 9.97 Å². The highest BCUT2D eigenvalue weighted by atomic mass is 32.2. The molecule has 0 spiro atoms. The van der Waals surface area contributed by atoms with Crippen LogP contribution in [-0.2, 0) is 25.1 Å². The van der Waals surface area contributed by atoms with Crippen LogP contribution in [0, 0.1) is 0 Å². The normalized spacial score (nSPS) is 17.4. The monoisotopic (exact) mass is 404 g/mol. The van der Waals surface area contributed by atoms with Gasteiger partial charge in [-0.1, -0.05) is 0 Å². The molecule has 2 heterocycles. The number of carbonyl (C=O) groups is 1. The van der Waals surface area contributed by atoms with Crippen LogP contribution in [0.5, 0.6) is 0 Å². The van der Waals surface area contributed by atoms with Gasteiger partial charge in [-0.2, -0.15) is 0 Å². The molecule has 8 nitrogen and oxygen atoms in total. The molecule has 150 valence electrons. The van der Waals surface area contributed by atoms with Crippen molar-refractivity contribution < 1.29 is 17.9 Å². The number of benzene rings is 1. The van der Waals surface area contributed by atoms with Gasteiger partial charge in [-0.3, -0.25) is 4.79 Å². The standard InChI is InChI=1S/C19H24N4O4S/c1-13-11-27-9-8-23(13)18-10-17(12-28(3,25)26)21-19(22-18)15-4-6-16(7-5-15)20-14(2)24/h4-7,10,13H,8-9,11-12H2,1-3H3,(H,20,24)/t13-/m0/s1. The largest absolute Gasteiger partial charge is 0.377 e. The molecule has 0 radical (unpaired) electrons. The summed E-state index contributed by atoms with van der Waals surface area (Å²) < 4.78 is 29.1. The zero-order valence-corrected chi connectivity index (χ0v) is 17.0. The van der Waals surface area contributed by atoms with E-state index < -0.39 is 9.84 Å². The van der Waals surface area contributed by atoms with E-state index in [4.69, 9.17) is 4.74 Å². The van der Waals surface area contributed by atoms with Crippen LogP contribution in [0.2, 0.25) is 0 Å². The molecule has 3 rings (SSSR count). The predicted octanol–water partition coefficient (Wildman–Crippen LogP) is 1.87. The van der Waals surface area contributed by atoms with Gasteiger partial charge in [-0.15, -0.1) is 0 Å². The number of ether oxygens (including phenoxy) is 1. The van der Waals surface area contributed by atoms with E-state index in [0.717, 1.165) is 5.56 Å². The van der Waals surface area contributed by atoms with Crippen molar-refractivity contribution in [3.8, 4) is 11.4 Å². The Kier molecular flexibility index (Phi) is 5.95. The summed E-state index contributed by atoms with van der Waals surface area (Å²) in [5.41, 5.74) is 1.87. The molecule has 1 fully saturated rings. The quantitative estimate of drug-likeness (QED) is 0.812. The summed E-state index contributed by atoms with van der Waals surface area (Å²) in [6.07, 6.45) is 1.19. The van der Waals surface area contributed by atoms with Crippen molar-refractivity contribution in [3.05, 3.63) is 36.0 Å². The molecule has 2 aromatic rings. The summed E-state index contributed by atoms with van der Waals surface area (Å²) in [6.45, 7) is 5.35. The first-order valence-electron chi connectivity index (χ1n) is 8.99. The average Bonchev–Trinajstić information content (AvgIpc) is 2.60. The third kappa shape index (κ3) is 5.26. The van der Waals surface area contributed by atoms with Crippen LogP contribution in [0.15, 0.2) is 30.3 Å². The number of hydrogen-bond donors (Lipinski definition) is 1. The van der Waals surface area contributed by atoms with Gasteiger partial charge in [0.15, 0.2) is 15.7 Å². The van der Waals surface area contributed by atoms with Crippen LogP contribution < -0.4 is 10.2 Å². The van der Waals surface area contributed by atoms with Crippen molar-refractivity contribution in [1.29, 1.82) is 0 Å². The Morgan fingerprint density at radius 3 is 2.61 bits per heavy atom. The molecule has 1 saturated heterocycles. The number of nitrogens with one attached hydrogen (secondary N) is 1. The average molecular weight is 404 g/mol. The third-order valence-corrected chi connectivity index (χ3v) is 5.12. The summed E-state index contributed by atoms with van der Waals surface area (Å²) in [7, 11) is -3.24. The highest BCUT2D eigenvalue weighted by Gasteiger charge is 2.22. The number of morpholine rings is 1. The summed E-state index contributed by atoms with van der Waals surface area (Å²) in [6, 6.07) is 9.00. The summed E-state index contributed by atoms with van der Waals surface area (Å²) >= 11 is 0. The second kappa shape index (κ2) is 8.24. The van der Waals surface area contributed by atoms with Crippen LogP contribution >= 0.6 is 0 Å². The molecule has 9 heteroatoms. The molecule has 0 bridgehead atoms. The van der Waals surface area contributed by atoms with E-state index in [9.17, 15) is 13.2 Å². The molecule has 0 aliphatic carbocycles. The molecule has 1 atom stereocenters. The van der Waals surface area contributed by atoms with Crippen molar-refractivity contribution in [2.75, 3.05) is 36.2 Å². The van der Waals surface area contributed by atoms with E-state index in [0.29, 0.717) is 42.8 Å². The third-order valence-electron chi connectivity index (χ3n) is 4.30. The Morgan fingerprint density at radius 2 is 2.00 bits per heavy atom. The zero-order chi connectivity index (χ0) is 20.3. The fraction of sp³-hybridized carbons (Fsp3) is 0.421. The topological polar surface area (TPSA) is 101 Å². The summed E-state index contributed by atoms with van der Waals surface area (Å²) in [5, 5.41) is 2.71. The minimum Gasteiger partial charge on any atom is -0.377 e. The Labute approximate surface area is 164 Å². The number of aromatic nitrogens is 2. The first-order valence-corrected chi connectivity index (χ1v) is 11.1. The van der Waals surface area contributed by atoms with E-state index in [1.807, 2.05) is 6.92 Å². The molecule has 1 aliphatic rings. The molecule has 1 amide bonds. The molecule has 0 saturated carbocycles. The molecule has 28 heavy (non-hydrogen) atoms. The summed E-state index contributed by atoms with van der Waals surface area (Å²) in [5.74, 6) is 0.829. The smallest absolute Gasteiger partial charge is 0.221 e. The van der Waals surface area contributed by atoms with Crippen LogP contribution in [0.3, 0.4) is 0 Å². The van der Waals surface area contributed by atoms with Gasteiger partial charge in [0.2, 0.25) is 5.91 Å². The van der Waals surface area contributed by atoms with Gasteiger partial charge >= 0.3 is 0 Å². The Hall–Kier alpha value is -2.52. The van der Waals surface area contributed by atoms with Crippen LogP contribution in [0.25, 0.3) is 11.4 Å². The van der Waals surface area contributed by atoms with Gasteiger partial charge in [-0.25, -0.2) is 18.4 Å². The van der Waals surface area contributed by atoms with E-state index >= 15 is 0 Å². The van der Waals surface area contributed by atoms with E-state index in [-0.39, 0.29) is 17.7 Å². The fourth-order valence-electron chi connectivity index (χ4n) is 3.08.